The van der Waals surface area contributed by atoms with Crippen LogP contribution in [-0.2, 0) is 10.0 Å². The van der Waals surface area contributed by atoms with Gasteiger partial charge in [-0.1, -0.05) is 18.2 Å². The van der Waals surface area contributed by atoms with E-state index >= 15 is 0 Å². The number of hydrogen-bond acceptors (Lipinski definition) is 4. The van der Waals surface area contributed by atoms with E-state index in [-0.39, 0.29) is 4.90 Å². The second-order valence-corrected chi connectivity index (χ2v) is 5.87. The Labute approximate surface area is 124 Å². The van der Waals surface area contributed by atoms with Crippen LogP contribution in [0.15, 0.2) is 53.4 Å². The minimum Gasteiger partial charge on any atom is -0.495 e. The molecule has 0 aliphatic heterocycles. The van der Waals surface area contributed by atoms with Gasteiger partial charge in [-0.05, 0) is 31.2 Å². The molecule has 1 N–H and O–H groups in total. The second-order valence-electron chi connectivity index (χ2n) is 4.22. The van der Waals surface area contributed by atoms with Crippen molar-refractivity contribution in [2.45, 2.75) is 11.8 Å². The van der Waals surface area contributed by atoms with Gasteiger partial charge in [0.1, 0.15) is 16.4 Å². The fraction of sp³-hybridized carbons (Fsp3) is 0.200. The smallest absolute Gasteiger partial charge is 0.265 e. The van der Waals surface area contributed by atoms with Crippen LogP contribution in [0.3, 0.4) is 0 Å². The maximum atomic E-state index is 12.4. The van der Waals surface area contributed by atoms with Gasteiger partial charge < -0.3 is 9.47 Å². The van der Waals surface area contributed by atoms with Crippen LogP contribution in [0.2, 0.25) is 0 Å². The van der Waals surface area contributed by atoms with Gasteiger partial charge in [0.2, 0.25) is 0 Å². The summed E-state index contributed by atoms with van der Waals surface area (Å²) in [5.74, 6) is 0.906. The Kier molecular flexibility index (Phi) is 4.70. The molecule has 0 fully saturated rings. The molecule has 0 saturated heterocycles. The number of rotatable bonds is 6. The first-order chi connectivity index (χ1) is 10.1. The Morgan fingerprint density at radius 2 is 1.86 bits per heavy atom. The van der Waals surface area contributed by atoms with Crippen molar-refractivity contribution in [3.05, 3.63) is 48.5 Å². The van der Waals surface area contributed by atoms with Crippen LogP contribution in [0, 0.1) is 0 Å². The summed E-state index contributed by atoms with van der Waals surface area (Å²) in [6.07, 6.45) is 0. The Hall–Kier alpha value is -2.21. The van der Waals surface area contributed by atoms with Crippen molar-refractivity contribution in [2.75, 3.05) is 18.4 Å². The van der Waals surface area contributed by atoms with Gasteiger partial charge in [-0.2, -0.15) is 0 Å². The van der Waals surface area contributed by atoms with E-state index in [0.717, 1.165) is 0 Å². The summed E-state index contributed by atoms with van der Waals surface area (Å²) in [6, 6.07) is 13.3. The fourth-order valence-electron chi connectivity index (χ4n) is 1.87. The predicted molar refractivity (Wildman–Crippen MR) is 81.4 cm³/mol. The van der Waals surface area contributed by atoms with E-state index in [9.17, 15) is 8.42 Å². The molecule has 112 valence electrons. The molecular formula is C15H17NO4S. The first kappa shape index (κ1) is 15.2. The van der Waals surface area contributed by atoms with Gasteiger partial charge in [0.05, 0.1) is 19.4 Å². The molecule has 0 saturated carbocycles. The monoisotopic (exact) mass is 307 g/mol. The molecule has 0 atom stereocenters. The third kappa shape index (κ3) is 3.66. The number of benzene rings is 2. The molecule has 0 radical (unpaired) electrons. The van der Waals surface area contributed by atoms with Gasteiger partial charge in [0.15, 0.2) is 0 Å². The number of anilines is 1. The highest BCUT2D eigenvalue weighted by Gasteiger charge is 2.19. The molecule has 0 aliphatic rings. The van der Waals surface area contributed by atoms with Crippen LogP contribution in [-0.4, -0.2) is 22.1 Å². The molecule has 2 aromatic carbocycles. The van der Waals surface area contributed by atoms with E-state index in [1.807, 2.05) is 6.92 Å². The van der Waals surface area contributed by atoms with Crippen LogP contribution >= 0.6 is 0 Å². The lowest BCUT2D eigenvalue weighted by atomic mass is 10.3. The standard InChI is InChI=1S/C15H17NO4S/c1-3-20-13-8-6-7-12(11-13)16-21(17,18)15-10-5-4-9-14(15)19-2/h4-11,16H,3H2,1-2H3. The summed E-state index contributed by atoms with van der Waals surface area (Å²) in [6.45, 7) is 2.38. The fourth-order valence-corrected chi connectivity index (χ4v) is 3.09. The van der Waals surface area contributed by atoms with E-state index < -0.39 is 10.0 Å². The maximum Gasteiger partial charge on any atom is 0.265 e. The molecule has 21 heavy (non-hydrogen) atoms. The van der Waals surface area contributed by atoms with Gasteiger partial charge >= 0.3 is 0 Å². The number of methoxy groups -OCH3 is 1. The molecule has 0 aliphatic carbocycles. The van der Waals surface area contributed by atoms with E-state index in [2.05, 4.69) is 4.72 Å². The summed E-state index contributed by atoms with van der Waals surface area (Å²) in [5, 5.41) is 0. The highest BCUT2D eigenvalue weighted by atomic mass is 32.2. The lowest BCUT2D eigenvalue weighted by Gasteiger charge is -2.12. The molecule has 0 unspecified atom stereocenters. The molecule has 2 aromatic rings. The molecule has 0 aromatic heterocycles. The number of nitrogens with one attached hydrogen (secondary N) is 1. The Balaban J connectivity index is 2.31. The summed E-state index contributed by atoms with van der Waals surface area (Å²) in [5.41, 5.74) is 0.437. The van der Waals surface area contributed by atoms with Crippen molar-refractivity contribution in [1.82, 2.24) is 0 Å². The largest absolute Gasteiger partial charge is 0.495 e. The highest BCUT2D eigenvalue weighted by molar-refractivity contribution is 7.92. The quantitative estimate of drug-likeness (QED) is 0.891. The summed E-state index contributed by atoms with van der Waals surface area (Å²) in [7, 11) is -2.28. The number of para-hydroxylation sites is 1. The van der Waals surface area contributed by atoms with Crippen molar-refractivity contribution in [2.24, 2.45) is 0 Å². The van der Waals surface area contributed by atoms with Crippen LogP contribution < -0.4 is 14.2 Å². The zero-order valence-electron chi connectivity index (χ0n) is 11.9. The highest BCUT2D eigenvalue weighted by Crippen LogP contribution is 2.26. The molecule has 0 amide bonds. The Morgan fingerprint density at radius 1 is 1.10 bits per heavy atom. The molecule has 6 heteroatoms. The second kappa shape index (κ2) is 6.49. The topological polar surface area (TPSA) is 64.6 Å². The molecule has 0 spiro atoms. The van der Waals surface area contributed by atoms with Crippen molar-refractivity contribution >= 4 is 15.7 Å². The van der Waals surface area contributed by atoms with Crippen molar-refractivity contribution in [3.8, 4) is 11.5 Å². The van der Waals surface area contributed by atoms with Gasteiger partial charge in [-0.15, -0.1) is 0 Å². The Morgan fingerprint density at radius 3 is 2.57 bits per heavy atom. The van der Waals surface area contributed by atoms with E-state index in [1.54, 1.807) is 42.5 Å². The van der Waals surface area contributed by atoms with Gasteiger partial charge in [-0.25, -0.2) is 8.42 Å². The van der Waals surface area contributed by atoms with E-state index in [4.69, 9.17) is 9.47 Å². The average molecular weight is 307 g/mol. The van der Waals surface area contributed by atoms with Crippen molar-refractivity contribution < 1.29 is 17.9 Å². The minimum absolute atomic E-state index is 0.0920. The molecule has 0 bridgehead atoms. The average Bonchev–Trinajstić information content (AvgIpc) is 2.47. The third-order valence-corrected chi connectivity index (χ3v) is 4.18. The SMILES string of the molecule is CCOc1cccc(NS(=O)(=O)c2ccccc2OC)c1. The molecule has 5 nitrogen and oxygen atoms in total. The third-order valence-electron chi connectivity index (χ3n) is 2.76. The maximum absolute atomic E-state index is 12.4. The lowest BCUT2D eigenvalue weighted by molar-refractivity contribution is 0.340. The number of sulfonamides is 1. The number of ether oxygens (including phenoxy) is 2. The lowest BCUT2D eigenvalue weighted by Crippen LogP contribution is -2.14. The summed E-state index contributed by atoms with van der Waals surface area (Å²) in [4.78, 5) is 0.0920. The molecular weight excluding hydrogens is 290 g/mol. The van der Waals surface area contributed by atoms with E-state index in [0.29, 0.717) is 23.8 Å². The first-order valence-electron chi connectivity index (χ1n) is 6.45. The molecule has 0 heterocycles. The minimum atomic E-state index is -3.72. The number of hydrogen-bond donors (Lipinski definition) is 1. The van der Waals surface area contributed by atoms with Gasteiger partial charge in [0, 0.05) is 6.07 Å². The van der Waals surface area contributed by atoms with Crippen molar-refractivity contribution in [3.63, 3.8) is 0 Å². The van der Waals surface area contributed by atoms with Crippen LogP contribution in [0.25, 0.3) is 0 Å². The van der Waals surface area contributed by atoms with Crippen LogP contribution in [0.4, 0.5) is 5.69 Å². The summed E-state index contributed by atoms with van der Waals surface area (Å²) < 4.78 is 37.8. The van der Waals surface area contributed by atoms with Crippen LogP contribution in [0.5, 0.6) is 11.5 Å². The predicted octanol–water partition coefficient (Wildman–Crippen LogP) is 2.89. The Bertz CT molecular complexity index is 713. The van der Waals surface area contributed by atoms with Crippen LogP contribution in [0.1, 0.15) is 6.92 Å². The normalized spacial score (nSPS) is 11.0. The van der Waals surface area contributed by atoms with E-state index in [1.165, 1.54) is 13.2 Å². The summed E-state index contributed by atoms with van der Waals surface area (Å²) >= 11 is 0. The van der Waals surface area contributed by atoms with Gasteiger partial charge in [-0.3, -0.25) is 4.72 Å². The zero-order valence-corrected chi connectivity index (χ0v) is 12.7. The van der Waals surface area contributed by atoms with Crippen molar-refractivity contribution in [1.29, 1.82) is 0 Å². The molecule has 2 rings (SSSR count). The zero-order chi connectivity index (χ0) is 15.3. The first-order valence-corrected chi connectivity index (χ1v) is 7.94. The van der Waals surface area contributed by atoms with Gasteiger partial charge in [0.25, 0.3) is 10.0 Å².